The monoisotopic (exact) mass is 282 g/mol. The molecule has 0 bridgehead atoms. The van der Waals surface area contributed by atoms with Gasteiger partial charge in [0.25, 0.3) is 0 Å². The van der Waals surface area contributed by atoms with Crippen molar-refractivity contribution >= 4 is 11.6 Å². The van der Waals surface area contributed by atoms with Gasteiger partial charge in [0, 0.05) is 18.9 Å². The van der Waals surface area contributed by atoms with Crippen LogP contribution in [0.3, 0.4) is 0 Å². The fourth-order valence-electron chi connectivity index (χ4n) is 2.07. The molecule has 1 saturated carbocycles. The summed E-state index contributed by atoms with van der Waals surface area (Å²) >= 11 is 0. The zero-order chi connectivity index (χ0) is 14.6. The van der Waals surface area contributed by atoms with Crippen molar-refractivity contribution in [2.75, 3.05) is 5.32 Å². The number of ether oxygens (including phenoxy) is 1. The average molecular weight is 282 g/mol. The lowest BCUT2D eigenvalue weighted by Crippen LogP contribution is -2.30. The van der Waals surface area contributed by atoms with E-state index in [-0.39, 0.29) is 24.9 Å². The minimum atomic E-state index is -2.57. The van der Waals surface area contributed by atoms with Gasteiger partial charge in [-0.05, 0) is 18.9 Å². The summed E-state index contributed by atoms with van der Waals surface area (Å²) in [6.07, 6.45) is 4.21. The highest BCUT2D eigenvalue weighted by molar-refractivity contribution is 5.98. The van der Waals surface area contributed by atoms with Crippen LogP contribution < -0.4 is 10.1 Å². The predicted octanol–water partition coefficient (Wildman–Crippen LogP) is 3.16. The van der Waals surface area contributed by atoms with Crippen molar-refractivity contribution in [3.8, 4) is 5.75 Å². The Balaban J connectivity index is 1.95. The van der Waals surface area contributed by atoms with Crippen molar-refractivity contribution < 1.29 is 18.3 Å². The second-order valence-electron chi connectivity index (χ2n) is 4.78. The van der Waals surface area contributed by atoms with Crippen LogP contribution in [-0.4, -0.2) is 22.9 Å². The number of rotatable bonds is 4. The number of hydrogen-bond acceptors (Lipinski definition) is 3. The van der Waals surface area contributed by atoms with Crippen molar-refractivity contribution in [1.82, 2.24) is 4.98 Å². The third-order valence-corrected chi connectivity index (χ3v) is 3.13. The molecular weight excluding hydrogens is 266 g/mol. The Kier molecular flexibility index (Phi) is 4.32. The molecule has 0 unspecified atom stereocenters. The highest BCUT2D eigenvalue weighted by Gasteiger charge is 2.35. The number of nitrogens with one attached hydrogen (secondary N) is 1. The first kappa shape index (κ1) is 14.4. The lowest BCUT2D eigenvalue weighted by Gasteiger charge is -2.28. The number of aromatic nitrogens is 1. The van der Waals surface area contributed by atoms with E-state index < -0.39 is 5.92 Å². The zero-order valence-corrected chi connectivity index (χ0v) is 10.9. The van der Waals surface area contributed by atoms with Gasteiger partial charge in [0.15, 0.2) is 0 Å². The summed E-state index contributed by atoms with van der Waals surface area (Å²) in [5, 5.41) is 2.56. The van der Waals surface area contributed by atoms with E-state index in [0.717, 1.165) is 6.08 Å². The highest BCUT2D eigenvalue weighted by atomic mass is 19.3. The van der Waals surface area contributed by atoms with Crippen molar-refractivity contribution in [2.45, 2.75) is 37.7 Å². The SMILES string of the molecule is C=CC(=O)Nc1cncc(OC2CCC(F)(F)CC2)c1. The molecule has 6 heteroatoms. The Hall–Kier alpha value is -1.98. The van der Waals surface area contributed by atoms with Crippen LogP contribution in [0.2, 0.25) is 0 Å². The zero-order valence-electron chi connectivity index (χ0n) is 10.9. The van der Waals surface area contributed by atoms with Crippen molar-refractivity contribution in [1.29, 1.82) is 0 Å². The van der Waals surface area contributed by atoms with E-state index in [2.05, 4.69) is 16.9 Å². The Labute approximate surface area is 115 Å². The summed E-state index contributed by atoms with van der Waals surface area (Å²) in [6.45, 7) is 3.35. The van der Waals surface area contributed by atoms with Gasteiger partial charge in [-0.1, -0.05) is 6.58 Å². The first-order valence-corrected chi connectivity index (χ1v) is 6.41. The minimum Gasteiger partial charge on any atom is -0.489 e. The van der Waals surface area contributed by atoms with Gasteiger partial charge in [0.2, 0.25) is 11.8 Å². The van der Waals surface area contributed by atoms with Gasteiger partial charge in [-0.25, -0.2) is 8.78 Å². The predicted molar refractivity (Wildman–Crippen MR) is 70.9 cm³/mol. The van der Waals surface area contributed by atoms with Crippen molar-refractivity contribution in [3.05, 3.63) is 31.1 Å². The van der Waals surface area contributed by atoms with Crippen LogP contribution in [0, 0.1) is 0 Å². The fraction of sp³-hybridized carbons (Fsp3) is 0.429. The number of carbonyl (C=O) groups is 1. The molecule has 1 aliphatic rings. The lowest BCUT2D eigenvalue weighted by atomic mass is 9.94. The van der Waals surface area contributed by atoms with Crippen LogP contribution in [-0.2, 0) is 4.79 Å². The molecule has 1 aliphatic carbocycles. The smallest absolute Gasteiger partial charge is 0.248 e. The molecule has 1 aromatic rings. The normalized spacial score (nSPS) is 18.3. The van der Waals surface area contributed by atoms with E-state index >= 15 is 0 Å². The number of halogens is 2. The standard InChI is InChI=1S/C14H16F2N2O2/c1-2-13(19)18-10-7-12(9-17-8-10)20-11-3-5-14(15,16)6-4-11/h2,7-9,11H,1,3-6H2,(H,18,19). The number of hydrogen-bond donors (Lipinski definition) is 1. The van der Waals surface area contributed by atoms with E-state index in [0.29, 0.717) is 24.3 Å². The van der Waals surface area contributed by atoms with E-state index in [9.17, 15) is 13.6 Å². The Morgan fingerprint density at radius 2 is 2.15 bits per heavy atom. The molecule has 0 spiro atoms. The second kappa shape index (κ2) is 5.98. The van der Waals surface area contributed by atoms with E-state index in [1.165, 1.54) is 12.4 Å². The average Bonchev–Trinajstić information content (AvgIpc) is 2.41. The quantitative estimate of drug-likeness (QED) is 0.863. The molecule has 0 aromatic carbocycles. The Bertz CT molecular complexity index is 496. The Morgan fingerprint density at radius 3 is 2.80 bits per heavy atom. The molecule has 1 heterocycles. The number of carbonyl (C=O) groups excluding carboxylic acids is 1. The van der Waals surface area contributed by atoms with E-state index in [4.69, 9.17) is 4.74 Å². The summed E-state index contributed by atoms with van der Waals surface area (Å²) in [7, 11) is 0. The van der Waals surface area contributed by atoms with Gasteiger partial charge in [0.1, 0.15) is 5.75 Å². The number of anilines is 1. The van der Waals surface area contributed by atoms with E-state index in [1.807, 2.05) is 0 Å². The second-order valence-corrected chi connectivity index (χ2v) is 4.78. The minimum absolute atomic E-state index is 0.155. The van der Waals surface area contributed by atoms with Gasteiger partial charge < -0.3 is 10.1 Å². The fourth-order valence-corrected chi connectivity index (χ4v) is 2.07. The number of pyridine rings is 1. The number of amides is 1. The summed E-state index contributed by atoms with van der Waals surface area (Å²) in [4.78, 5) is 15.1. The molecule has 2 rings (SSSR count). The molecule has 108 valence electrons. The molecule has 4 nitrogen and oxygen atoms in total. The molecule has 20 heavy (non-hydrogen) atoms. The molecule has 0 radical (unpaired) electrons. The molecule has 0 saturated heterocycles. The molecule has 0 aliphatic heterocycles. The molecule has 1 aromatic heterocycles. The van der Waals surface area contributed by atoms with Crippen molar-refractivity contribution in [2.24, 2.45) is 0 Å². The largest absolute Gasteiger partial charge is 0.489 e. The number of alkyl halides is 2. The van der Waals surface area contributed by atoms with Crippen molar-refractivity contribution in [3.63, 3.8) is 0 Å². The molecule has 1 fully saturated rings. The van der Waals surface area contributed by atoms with Gasteiger partial charge in [0.05, 0.1) is 24.2 Å². The molecule has 0 atom stereocenters. The van der Waals surface area contributed by atoms with Crippen LogP contribution in [0.1, 0.15) is 25.7 Å². The third kappa shape index (κ3) is 4.01. The maximum absolute atomic E-state index is 13.0. The van der Waals surface area contributed by atoms with Crippen LogP contribution in [0.25, 0.3) is 0 Å². The van der Waals surface area contributed by atoms with Gasteiger partial charge >= 0.3 is 0 Å². The van der Waals surface area contributed by atoms with Crippen LogP contribution >= 0.6 is 0 Å². The maximum atomic E-state index is 13.0. The number of nitrogens with zero attached hydrogens (tertiary/aromatic N) is 1. The van der Waals surface area contributed by atoms with Gasteiger partial charge in [-0.2, -0.15) is 0 Å². The summed E-state index contributed by atoms with van der Waals surface area (Å²) in [5.41, 5.74) is 0.480. The summed E-state index contributed by atoms with van der Waals surface area (Å²) < 4.78 is 31.7. The van der Waals surface area contributed by atoms with Crippen LogP contribution in [0.4, 0.5) is 14.5 Å². The summed E-state index contributed by atoms with van der Waals surface area (Å²) in [6, 6.07) is 1.61. The third-order valence-electron chi connectivity index (χ3n) is 3.13. The first-order chi connectivity index (χ1) is 9.48. The van der Waals surface area contributed by atoms with E-state index in [1.54, 1.807) is 6.07 Å². The maximum Gasteiger partial charge on any atom is 0.248 e. The highest BCUT2D eigenvalue weighted by Crippen LogP contribution is 2.34. The van der Waals surface area contributed by atoms with Gasteiger partial charge in [-0.3, -0.25) is 9.78 Å². The molecule has 1 N–H and O–H groups in total. The Morgan fingerprint density at radius 1 is 1.45 bits per heavy atom. The molecule has 1 amide bonds. The first-order valence-electron chi connectivity index (χ1n) is 6.41. The lowest BCUT2D eigenvalue weighted by molar-refractivity contribution is -0.111. The van der Waals surface area contributed by atoms with Gasteiger partial charge in [-0.15, -0.1) is 0 Å². The summed E-state index contributed by atoms with van der Waals surface area (Å²) in [5.74, 6) is -2.46. The van der Waals surface area contributed by atoms with Crippen LogP contribution in [0.15, 0.2) is 31.1 Å². The topological polar surface area (TPSA) is 51.2 Å². The molecular formula is C14H16F2N2O2. The van der Waals surface area contributed by atoms with Crippen LogP contribution in [0.5, 0.6) is 5.75 Å².